The van der Waals surface area contributed by atoms with E-state index in [1.807, 2.05) is 19.0 Å². The first kappa shape index (κ1) is 28.5. The Labute approximate surface area is 229 Å². The fraction of sp³-hybridized carbons (Fsp3) is 0.500. The minimum Gasteiger partial charge on any atom is -0.501 e. The normalized spacial score (nSPS) is 21.7. The second kappa shape index (κ2) is 10.6. The van der Waals surface area contributed by atoms with E-state index in [4.69, 9.17) is 11.6 Å². The van der Waals surface area contributed by atoms with Gasteiger partial charge in [-0.1, -0.05) is 23.7 Å². The van der Waals surface area contributed by atoms with Crippen molar-refractivity contribution < 1.29 is 23.9 Å². The van der Waals surface area contributed by atoms with Gasteiger partial charge in [-0.15, -0.1) is 0 Å². The molecule has 0 spiro atoms. The zero-order valence-corrected chi connectivity index (χ0v) is 23.1. The van der Waals surface area contributed by atoms with Gasteiger partial charge in [-0.25, -0.2) is 9.37 Å². The number of carbonyl (C=O) groups is 3. The third-order valence-electron chi connectivity index (χ3n) is 7.88. The highest BCUT2D eigenvalue weighted by Gasteiger charge is 2.52. The Morgan fingerprint density at radius 3 is 2.44 bits per heavy atom. The van der Waals surface area contributed by atoms with E-state index in [1.165, 1.54) is 27.7 Å². The molecular weight excluding hydrogens is 531 g/mol. The summed E-state index contributed by atoms with van der Waals surface area (Å²) in [6, 6.07) is 4.35. The van der Waals surface area contributed by atoms with E-state index in [9.17, 15) is 28.7 Å². The first-order valence-electron chi connectivity index (χ1n) is 12.5. The van der Waals surface area contributed by atoms with Crippen molar-refractivity contribution in [3.05, 3.63) is 56.5 Å². The van der Waals surface area contributed by atoms with Crippen LogP contribution in [0.4, 0.5) is 4.39 Å². The molecule has 1 aromatic heterocycles. The highest BCUT2D eigenvalue weighted by Crippen LogP contribution is 2.47. The number of nitrogens with zero attached hydrogens (tertiary/aromatic N) is 4. The van der Waals surface area contributed by atoms with Crippen molar-refractivity contribution in [2.75, 3.05) is 28.2 Å². The van der Waals surface area contributed by atoms with Gasteiger partial charge in [0.15, 0.2) is 5.69 Å². The van der Waals surface area contributed by atoms with Crippen LogP contribution in [0.25, 0.3) is 0 Å². The lowest BCUT2D eigenvalue weighted by molar-refractivity contribution is -0.135. The third-order valence-corrected chi connectivity index (χ3v) is 8.18. The molecule has 3 N–H and O–H groups in total. The molecule has 13 heteroatoms. The predicted octanol–water partition coefficient (Wildman–Crippen LogP) is 1.35. The standard InChI is InChI=1S/C26H32ClFN6O5/c1-32(2)18(36)12-17(35)31-26-10-8-25(9-11-26,33(3)4)14-34-23(39)21(37)20(30-24(26)34)22(38)29-13-15-6-5-7-16(27)19(15)28/h5-7,37H,8-14H2,1-4H3,(H,29,38)(H,31,35). The first-order chi connectivity index (χ1) is 18.3. The Bertz CT molecular complexity index is 1380. The number of amides is 3. The second-order valence-electron chi connectivity index (χ2n) is 10.6. The van der Waals surface area contributed by atoms with Crippen LogP contribution in [-0.2, 0) is 28.2 Å². The Hall–Kier alpha value is -3.51. The van der Waals surface area contributed by atoms with E-state index in [2.05, 4.69) is 15.6 Å². The van der Waals surface area contributed by atoms with Crippen molar-refractivity contribution in [2.45, 2.75) is 56.3 Å². The number of nitrogens with one attached hydrogen (secondary N) is 2. The number of aromatic hydroxyl groups is 1. The number of fused-ring (bicyclic) bond motifs is 2. The number of hydrogen-bond acceptors (Lipinski definition) is 7. The van der Waals surface area contributed by atoms with E-state index in [0.29, 0.717) is 25.7 Å². The molecule has 1 saturated carbocycles. The molecule has 5 rings (SSSR count). The van der Waals surface area contributed by atoms with E-state index in [-0.39, 0.29) is 35.4 Å². The summed E-state index contributed by atoms with van der Waals surface area (Å²) >= 11 is 5.82. The minimum absolute atomic E-state index is 0.109. The lowest BCUT2D eigenvalue weighted by Gasteiger charge is -2.45. The molecule has 3 heterocycles. The number of aromatic nitrogens is 2. The van der Waals surface area contributed by atoms with Crippen molar-refractivity contribution in [3.63, 3.8) is 0 Å². The summed E-state index contributed by atoms with van der Waals surface area (Å²) in [4.78, 5) is 59.5. The largest absolute Gasteiger partial charge is 0.501 e. The van der Waals surface area contributed by atoms with E-state index >= 15 is 0 Å². The van der Waals surface area contributed by atoms with Gasteiger partial charge in [-0.2, -0.15) is 0 Å². The summed E-state index contributed by atoms with van der Waals surface area (Å²) in [5.41, 5.74) is -2.82. The Kier molecular flexibility index (Phi) is 7.72. The third kappa shape index (κ3) is 5.22. The summed E-state index contributed by atoms with van der Waals surface area (Å²) in [7, 11) is 6.90. The number of benzene rings is 1. The summed E-state index contributed by atoms with van der Waals surface area (Å²) in [5.74, 6) is -3.22. The van der Waals surface area contributed by atoms with Gasteiger partial charge >= 0.3 is 0 Å². The summed E-state index contributed by atoms with van der Waals surface area (Å²) < 4.78 is 15.6. The fourth-order valence-corrected chi connectivity index (χ4v) is 5.55. The molecule has 2 aliphatic heterocycles. The van der Waals surface area contributed by atoms with Crippen molar-refractivity contribution in [1.29, 1.82) is 0 Å². The van der Waals surface area contributed by atoms with E-state index < -0.39 is 52.1 Å². The van der Waals surface area contributed by atoms with Gasteiger partial charge in [0.25, 0.3) is 11.5 Å². The highest BCUT2D eigenvalue weighted by molar-refractivity contribution is 6.30. The van der Waals surface area contributed by atoms with Crippen LogP contribution in [-0.4, -0.2) is 75.9 Å². The van der Waals surface area contributed by atoms with Crippen LogP contribution in [0, 0.1) is 5.82 Å². The number of halogens is 2. The number of rotatable bonds is 7. The molecule has 0 atom stereocenters. The van der Waals surface area contributed by atoms with Gasteiger partial charge in [0.1, 0.15) is 18.1 Å². The topological polar surface area (TPSA) is 137 Å². The summed E-state index contributed by atoms with van der Waals surface area (Å²) in [6.45, 7) is -0.0678. The van der Waals surface area contributed by atoms with Crippen molar-refractivity contribution in [3.8, 4) is 5.75 Å². The highest BCUT2D eigenvalue weighted by atomic mass is 35.5. The molecule has 3 aliphatic rings. The molecule has 39 heavy (non-hydrogen) atoms. The molecule has 1 fully saturated rings. The van der Waals surface area contributed by atoms with E-state index in [1.54, 1.807) is 14.1 Å². The maximum atomic E-state index is 14.3. The molecule has 1 aliphatic carbocycles. The van der Waals surface area contributed by atoms with Crippen LogP contribution in [0.5, 0.6) is 5.75 Å². The zero-order valence-electron chi connectivity index (χ0n) is 22.3. The molecule has 3 amide bonds. The summed E-state index contributed by atoms with van der Waals surface area (Å²) in [5, 5.41) is 16.1. The monoisotopic (exact) mass is 562 g/mol. The molecule has 210 valence electrons. The van der Waals surface area contributed by atoms with Gasteiger partial charge in [-0.05, 0) is 45.8 Å². The zero-order chi connectivity index (χ0) is 28.7. The first-order valence-corrected chi connectivity index (χ1v) is 12.9. The lowest BCUT2D eigenvalue weighted by atomic mass is 9.72. The average molecular weight is 563 g/mol. The van der Waals surface area contributed by atoms with E-state index in [0.717, 1.165) is 0 Å². The lowest BCUT2D eigenvalue weighted by Crippen LogP contribution is -2.54. The van der Waals surface area contributed by atoms with Gasteiger partial charge in [0.2, 0.25) is 17.6 Å². The molecule has 2 bridgehead atoms. The predicted molar refractivity (Wildman–Crippen MR) is 141 cm³/mol. The molecule has 0 radical (unpaired) electrons. The van der Waals surface area contributed by atoms with Crippen LogP contribution in [0.2, 0.25) is 5.02 Å². The smallest absolute Gasteiger partial charge is 0.296 e. The summed E-state index contributed by atoms with van der Waals surface area (Å²) in [6.07, 6.45) is 1.61. The van der Waals surface area contributed by atoms with Crippen LogP contribution < -0.4 is 16.2 Å². The van der Waals surface area contributed by atoms with Crippen LogP contribution >= 0.6 is 11.6 Å². The van der Waals surface area contributed by atoms with Gasteiger partial charge < -0.3 is 25.5 Å². The molecule has 2 aromatic rings. The number of likely N-dealkylation sites (N-methyl/N-ethyl adjacent to an activating group) is 1. The Balaban J connectivity index is 1.74. The van der Waals surface area contributed by atoms with Gasteiger partial charge in [0, 0.05) is 38.3 Å². The van der Waals surface area contributed by atoms with Crippen molar-refractivity contribution in [2.24, 2.45) is 0 Å². The Morgan fingerprint density at radius 2 is 1.82 bits per heavy atom. The van der Waals surface area contributed by atoms with Crippen LogP contribution in [0.3, 0.4) is 0 Å². The SMILES string of the molecule is CN(C)C(=O)CC(=O)NC12CCC(N(C)C)(CC1)Cn1c2nc(C(=O)NCc2cccc(Cl)c2F)c(O)c1=O. The molecule has 11 nitrogen and oxygen atoms in total. The van der Waals surface area contributed by atoms with Crippen molar-refractivity contribution >= 4 is 29.3 Å². The maximum absolute atomic E-state index is 14.3. The fourth-order valence-electron chi connectivity index (χ4n) is 5.35. The number of hydrogen-bond donors (Lipinski definition) is 3. The number of carbonyl (C=O) groups excluding carboxylic acids is 3. The average Bonchev–Trinajstić information content (AvgIpc) is 3.10. The van der Waals surface area contributed by atoms with Crippen LogP contribution in [0.15, 0.2) is 23.0 Å². The van der Waals surface area contributed by atoms with Crippen molar-refractivity contribution in [1.82, 2.24) is 30.0 Å². The maximum Gasteiger partial charge on any atom is 0.296 e. The molecule has 0 unspecified atom stereocenters. The molecule has 0 saturated heterocycles. The van der Waals surface area contributed by atoms with Crippen LogP contribution in [0.1, 0.15) is 54.0 Å². The van der Waals surface area contributed by atoms with Gasteiger partial charge in [0.05, 0.1) is 10.6 Å². The molecular formula is C26H32ClFN6O5. The molecule has 1 aromatic carbocycles. The second-order valence-corrected chi connectivity index (χ2v) is 11.0. The quantitative estimate of drug-likeness (QED) is 0.433. The Morgan fingerprint density at radius 1 is 1.15 bits per heavy atom. The van der Waals surface area contributed by atoms with Gasteiger partial charge in [-0.3, -0.25) is 23.7 Å². The minimum atomic E-state index is -1.14.